The second-order valence-electron chi connectivity index (χ2n) is 3.22. The molecule has 0 aliphatic heterocycles. The van der Waals surface area contributed by atoms with Crippen molar-refractivity contribution in [3.05, 3.63) is 23.9 Å². The van der Waals surface area contributed by atoms with Crippen LogP contribution in [-0.2, 0) is 4.74 Å². The molecule has 1 atom stereocenters. The van der Waals surface area contributed by atoms with Gasteiger partial charge in [-0.05, 0) is 19.1 Å². The monoisotopic (exact) mass is 225 g/mol. The maximum atomic E-state index is 5.52. The third kappa shape index (κ3) is 3.81. The molecular formula is C10H15N3OS. The smallest absolute Gasteiger partial charge is 0.126 e. The average Bonchev–Trinajstić information content (AvgIpc) is 2.26. The molecule has 3 N–H and O–H groups in total. The maximum Gasteiger partial charge on any atom is 0.126 e. The van der Waals surface area contributed by atoms with E-state index >= 15 is 0 Å². The van der Waals surface area contributed by atoms with Gasteiger partial charge in [0.25, 0.3) is 0 Å². The van der Waals surface area contributed by atoms with Gasteiger partial charge in [-0.3, -0.25) is 0 Å². The molecule has 0 amide bonds. The number of nitrogens with one attached hydrogen (secondary N) is 1. The van der Waals surface area contributed by atoms with Gasteiger partial charge in [-0.1, -0.05) is 12.2 Å². The van der Waals surface area contributed by atoms with Crippen molar-refractivity contribution < 1.29 is 4.74 Å². The van der Waals surface area contributed by atoms with Crippen molar-refractivity contribution in [2.75, 3.05) is 19.0 Å². The van der Waals surface area contributed by atoms with Crippen LogP contribution in [0.5, 0.6) is 0 Å². The second-order valence-corrected chi connectivity index (χ2v) is 3.66. The van der Waals surface area contributed by atoms with Crippen LogP contribution in [0.25, 0.3) is 0 Å². The van der Waals surface area contributed by atoms with E-state index < -0.39 is 0 Å². The molecule has 0 saturated heterocycles. The zero-order valence-corrected chi connectivity index (χ0v) is 9.67. The van der Waals surface area contributed by atoms with Crippen LogP contribution < -0.4 is 11.1 Å². The van der Waals surface area contributed by atoms with Crippen LogP contribution in [0.15, 0.2) is 18.3 Å². The standard InChI is InChI=1S/C10H15N3OS/c1-7(14-2)6-13-9-5-8(10(11)15)3-4-12-9/h3-5,7H,6H2,1-2H3,(H2,11,15)(H,12,13). The van der Waals surface area contributed by atoms with Crippen molar-refractivity contribution in [3.8, 4) is 0 Å². The molecular weight excluding hydrogens is 210 g/mol. The van der Waals surface area contributed by atoms with E-state index in [2.05, 4.69) is 10.3 Å². The number of ether oxygens (including phenoxy) is 1. The SMILES string of the molecule is COC(C)CNc1cc(C(N)=S)ccn1. The quantitative estimate of drug-likeness (QED) is 0.736. The van der Waals surface area contributed by atoms with Gasteiger partial charge in [0.2, 0.25) is 0 Å². The highest BCUT2D eigenvalue weighted by atomic mass is 32.1. The first-order chi connectivity index (χ1) is 7.13. The molecule has 15 heavy (non-hydrogen) atoms. The van der Waals surface area contributed by atoms with Crippen LogP contribution in [-0.4, -0.2) is 29.7 Å². The van der Waals surface area contributed by atoms with E-state index in [9.17, 15) is 0 Å². The van der Waals surface area contributed by atoms with E-state index in [-0.39, 0.29) is 6.10 Å². The highest BCUT2D eigenvalue weighted by Crippen LogP contribution is 2.06. The molecule has 0 saturated carbocycles. The molecule has 1 rings (SSSR count). The lowest BCUT2D eigenvalue weighted by atomic mass is 10.2. The van der Waals surface area contributed by atoms with E-state index in [0.29, 0.717) is 11.5 Å². The first-order valence-corrected chi connectivity index (χ1v) is 5.07. The number of anilines is 1. The number of thiocarbonyl (C=S) groups is 1. The van der Waals surface area contributed by atoms with Gasteiger partial charge in [-0.15, -0.1) is 0 Å². The van der Waals surface area contributed by atoms with Crippen molar-refractivity contribution in [2.45, 2.75) is 13.0 Å². The molecule has 1 heterocycles. The summed E-state index contributed by atoms with van der Waals surface area (Å²) in [6, 6.07) is 3.61. The first kappa shape index (κ1) is 11.9. The predicted molar refractivity (Wildman–Crippen MR) is 65.1 cm³/mol. The fourth-order valence-electron chi connectivity index (χ4n) is 1.01. The summed E-state index contributed by atoms with van der Waals surface area (Å²) >= 11 is 4.88. The summed E-state index contributed by atoms with van der Waals surface area (Å²) in [7, 11) is 1.67. The number of nitrogens with two attached hydrogens (primary N) is 1. The Kier molecular flexibility index (Phi) is 4.45. The largest absolute Gasteiger partial charge is 0.389 e. The molecule has 0 aromatic carbocycles. The van der Waals surface area contributed by atoms with Gasteiger partial charge < -0.3 is 15.8 Å². The number of rotatable bonds is 5. The molecule has 0 spiro atoms. The van der Waals surface area contributed by atoms with Gasteiger partial charge >= 0.3 is 0 Å². The van der Waals surface area contributed by atoms with Gasteiger partial charge in [0, 0.05) is 25.4 Å². The number of aromatic nitrogens is 1. The van der Waals surface area contributed by atoms with E-state index in [0.717, 1.165) is 11.4 Å². The molecule has 0 fully saturated rings. The van der Waals surface area contributed by atoms with Gasteiger partial charge in [0.1, 0.15) is 10.8 Å². The van der Waals surface area contributed by atoms with E-state index in [1.807, 2.05) is 13.0 Å². The summed E-state index contributed by atoms with van der Waals surface area (Å²) < 4.78 is 5.11. The Morgan fingerprint density at radius 3 is 3.07 bits per heavy atom. The summed E-state index contributed by atoms with van der Waals surface area (Å²) in [5.41, 5.74) is 6.33. The Bertz CT molecular complexity index is 343. The predicted octanol–water partition coefficient (Wildman–Crippen LogP) is 1.16. The molecule has 82 valence electrons. The summed E-state index contributed by atoms with van der Waals surface area (Å²) in [6.07, 6.45) is 1.81. The van der Waals surface area contributed by atoms with Crippen LogP contribution in [0.2, 0.25) is 0 Å². The molecule has 0 radical (unpaired) electrons. The average molecular weight is 225 g/mol. The fourth-order valence-corrected chi connectivity index (χ4v) is 1.14. The molecule has 1 aromatic rings. The number of pyridine rings is 1. The molecule has 5 heteroatoms. The van der Waals surface area contributed by atoms with Crippen LogP contribution in [0.1, 0.15) is 12.5 Å². The Morgan fingerprint density at radius 1 is 1.73 bits per heavy atom. The van der Waals surface area contributed by atoms with Crippen LogP contribution in [0, 0.1) is 0 Å². The van der Waals surface area contributed by atoms with Crippen LogP contribution in [0.3, 0.4) is 0 Å². The topological polar surface area (TPSA) is 60.2 Å². The van der Waals surface area contributed by atoms with Crippen molar-refractivity contribution in [2.24, 2.45) is 5.73 Å². The normalized spacial score (nSPS) is 12.1. The van der Waals surface area contributed by atoms with Crippen LogP contribution in [0.4, 0.5) is 5.82 Å². The maximum absolute atomic E-state index is 5.52. The third-order valence-corrected chi connectivity index (χ3v) is 2.25. The molecule has 1 unspecified atom stereocenters. The highest BCUT2D eigenvalue weighted by Gasteiger charge is 2.01. The number of nitrogens with zero attached hydrogens (tertiary/aromatic N) is 1. The lowest BCUT2D eigenvalue weighted by molar-refractivity contribution is 0.128. The highest BCUT2D eigenvalue weighted by molar-refractivity contribution is 7.80. The van der Waals surface area contributed by atoms with E-state index in [1.165, 1.54) is 0 Å². The molecule has 1 aromatic heterocycles. The fraction of sp³-hybridized carbons (Fsp3) is 0.400. The summed E-state index contributed by atoms with van der Waals surface area (Å²) in [5, 5.41) is 3.14. The minimum atomic E-state index is 0.139. The molecule has 4 nitrogen and oxygen atoms in total. The van der Waals surface area contributed by atoms with Crippen molar-refractivity contribution >= 4 is 23.0 Å². The summed E-state index contributed by atoms with van der Waals surface area (Å²) in [6.45, 7) is 2.68. The van der Waals surface area contributed by atoms with Gasteiger partial charge in [0.05, 0.1) is 6.10 Å². The summed E-state index contributed by atoms with van der Waals surface area (Å²) in [5.74, 6) is 0.754. The van der Waals surface area contributed by atoms with Crippen molar-refractivity contribution in [3.63, 3.8) is 0 Å². The Hall–Kier alpha value is -1.20. The van der Waals surface area contributed by atoms with Crippen molar-refractivity contribution in [1.29, 1.82) is 0 Å². The minimum absolute atomic E-state index is 0.139. The zero-order chi connectivity index (χ0) is 11.3. The second kappa shape index (κ2) is 5.63. The number of hydrogen-bond donors (Lipinski definition) is 2. The number of methoxy groups -OCH3 is 1. The van der Waals surface area contributed by atoms with E-state index in [1.54, 1.807) is 19.4 Å². The van der Waals surface area contributed by atoms with Gasteiger partial charge in [-0.25, -0.2) is 4.98 Å². The Balaban J connectivity index is 2.62. The van der Waals surface area contributed by atoms with Gasteiger partial charge in [-0.2, -0.15) is 0 Å². The van der Waals surface area contributed by atoms with Crippen molar-refractivity contribution in [1.82, 2.24) is 4.98 Å². The molecule has 0 aliphatic carbocycles. The lowest BCUT2D eigenvalue weighted by Gasteiger charge is -2.11. The van der Waals surface area contributed by atoms with E-state index in [4.69, 9.17) is 22.7 Å². The molecule has 0 bridgehead atoms. The van der Waals surface area contributed by atoms with Gasteiger partial charge in [0.15, 0.2) is 0 Å². The minimum Gasteiger partial charge on any atom is -0.389 e. The zero-order valence-electron chi connectivity index (χ0n) is 8.86. The van der Waals surface area contributed by atoms with Crippen LogP contribution >= 0.6 is 12.2 Å². The third-order valence-electron chi connectivity index (χ3n) is 2.02. The number of hydrogen-bond acceptors (Lipinski definition) is 4. The summed E-state index contributed by atoms with van der Waals surface area (Å²) in [4.78, 5) is 4.52. The molecule has 0 aliphatic rings. The Morgan fingerprint density at radius 2 is 2.47 bits per heavy atom. The Labute approximate surface area is 94.8 Å². The lowest BCUT2D eigenvalue weighted by Crippen LogP contribution is -2.19. The first-order valence-electron chi connectivity index (χ1n) is 4.66.